The fourth-order valence-electron chi connectivity index (χ4n) is 0.917. The standard InChI is InChI=1S/C10H15N3O3/c1-10(2,8(14)15)6-12-9-11-5-4-7(13-9)16-3/h4-5H,6H2,1-3H3,(H,14,15)(H,11,12,13). The number of carboxylic acid groups (broad SMARTS) is 1. The van der Waals surface area contributed by atoms with Crippen molar-refractivity contribution in [2.24, 2.45) is 5.41 Å². The summed E-state index contributed by atoms with van der Waals surface area (Å²) >= 11 is 0. The van der Waals surface area contributed by atoms with Crippen LogP contribution in [-0.4, -0.2) is 34.7 Å². The lowest BCUT2D eigenvalue weighted by molar-refractivity contribution is -0.146. The number of hydrogen-bond donors (Lipinski definition) is 2. The second-order valence-corrected chi connectivity index (χ2v) is 3.97. The van der Waals surface area contributed by atoms with E-state index in [2.05, 4.69) is 15.3 Å². The van der Waals surface area contributed by atoms with Gasteiger partial charge in [-0.05, 0) is 13.8 Å². The van der Waals surface area contributed by atoms with E-state index in [1.807, 2.05) is 0 Å². The maximum Gasteiger partial charge on any atom is 0.310 e. The summed E-state index contributed by atoms with van der Waals surface area (Å²) in [5, 5.41) is 11.8. The number of aromatic nitrogens is 2. The fraction of sp³-hybridized carbons (Fsp3) is 0.500. The molecule has 0 radical (unpaired) electrons. The van der Waals surface area contributed by atoms with E-state index in [0.29, 0.717) is 11.8 Å². The molecule has 1 aromatic heterocycles. The Labute approximate surface area is 93.7 Å². The first-order chi connectivity index (χ1) is 7.45. The van der Waals surface area contributed by atoms with E-state index >= 15 is 0 Å². The predicted molar refractivity (Wildman–Crippen MR) is 58.5 cm³/mol. The molecule has 16 heavy (non-hydrogen) atoms. The molecule has 0 aliphatic carbocycles. The zero-order chi connectivity index (χ0) is 12.2. The summed E-state index contributed by atoms with van der Waals surface area (Å²) < 4.78 is 4.93. The minimum absolute atomic E-state index is 0.246. The SMILES string of the molecule is COc1ccnc(NCC(C)(C)C(=O)O)n1. The molecule has 0 fully saturated rings. The topological polar surface area (TPSA) is 84.3 Å². The van der Waals surface area contributed by atoms with Crippen LogP contribution >= 0.6 is 0 Å². The lowest BCUT2D eigenvalue weighted by Crippen LogP contribution is -2.32. The maximum atomic E-state index is 10.9. The van der Waals surface area contributed by atoms with Crippen molar-refractivity contribution in [3.63, 3.8) is 0 Å². The van der Waals surface area contributed by atoms with Gasteiger partial charge >= 0.3 is 5.97 Å². The minimum Gasteiger partial charge on any atom is -0.481 e. The third-order valence-corrected chi connectivity index (χ3v) is 2.11. The van der Waals surface area contributed by atoms with Crippen LogP contribution in [0.25, 0.3) is 0 Å². The van der Waals surface area contributed by atoms with Gasteiger partial charge in [-0.1, -0.05) is 0 Å². The summed E-state index contributed by atoms with van der Waals surface area (Å²) in [5.74, 6) is -0.0813. The van der Waals surface area contributed by atoms with Crippen LogP contribution < -0.4 is 10.1 Å². The summed E-state index contributed by atoms with van der Waals surface area (Å²) in [6.07, 6.45) is 1.54. The second kappa shape index (κ2) is 4.78. The van der Waals surface area contributed by atoms with E-state index in [4.69, 9.17) is 9.84 Å². The molecule has 1 rings (SSSR count). The Balaban J connectivity index is 2.64. The predicted octanol–water partition coefficient (Wildman–Crippen LogP) is 1.01. The van der Waals surface area contributed by atoms with Crippen LogP contribution in [-0.2, 0) is 4.79 Å². The number of carboxylic acids is 1. The molecule has 0 spiro atoms. The van der Waals surface area contributed by atoms with E-state index in [9.17, 15) is 4.79 Å². The van der Waals surface area contributed by atoms with Crippen LogP contribution in [0, 0.1) is 5.41 Å². The van der Waals surface area contributed by atoms with Gasteiger partial charge in [0.05, 0.1) is 12.5 Å². The Kier molecular flexibility index (Phi) is 3.65. The summed E-state index contributed by atoms with van der Waals surface area (Å²) in [6, 6.07) is 1.62. The number of ether oxygens (including phenoxy) is 1. The molecular formula is C10H15N3O3. The van der Waals surface area contributed by atoms with Crippen molar-refractivity contribution in [2.45, 2.75) is 13.8 Å². The van der Waals surface area contributed by atoms with E-state index < -0.39 is 11.4 Å². The molecule has 0 aromatic carbocycles. The average molecular weight is 225 g/mol. The number of carbonyl (C=O) groups is 1. The largest absolute Gasteiger partial charge is 0.481 e. The molecule has 1 aromatic rings. The number of aliphatic carboxylic acids is 1. The normalized spacial score (nSPS) is 10.9. The lowest BCUT2D eigenvalue weighted by Gasteiger charge is -2.19. The highest BCUT2D eigenvalue weighted by Gasteiger charge is 2.26. The first-order valence-corrected chi connectivity index (χ1v) is 4.80. The molecule has 0 amide bonds. The number of nitrogens with one attached hydrogen (secondary N) is 1. The Hall–Kier alpha value is -1.85. The quantitative estimate of drug-likeness (QED) is 0.778. The van der Waals surface area contributed by atoms with Gasteiger partial charge in [0.25, 0.3) is 0 Å². The van der Waals surface area contributed by atoms with Gasteiger partial charge < -0.3 is 15.2 Å². The summed E-state index contributed by atoms with van der Waals surface area (Å²) in [7, 11) is 1.51. The molecule has 6 heteroatoms. The molecule has 0 aliphatic rings. The molecule has 0 saturated heterocycles. The summed E-state index contributed by atoms with van der Waals surface area (Å²) in [6.45, 7) is 3.50. The molecule has 1 heterocycles. The summed E-state index contributed by atoms with van der Waals surface area (Å²) in [4.78, 5) is 18.8. The van der Waals surface area contributed by atoms with Crippen molar-refractivity contribution in [3.8, 4) is 5.88 Å². The molecule has 0 bridgehead atoms. The van der Waals surface area contributed by atoms with Gasteiger partial charge in [0.2, 0.25) is 11.8 Å². The molecule has 88 valence electrons. The van der Waals surface area contributed by atoms with Gasteiger partial charge in [0.1, 0.15) is 0 Å². The van der Waals surface area contributed by atoms with Gasteiger partial charge in [0, 0.05) is 18.8 Å². The van der Waals surface area contributed by atoms with Crippen molar-refractivity contribution in [1.29, 1.82) is 0 Å². The average Bonchev–Trinajstić information content (AvgIpc) is 2.26. The number of hydrogen-bond acceptors (Lipinski definition) is 5. The van der Waals surface area contributed by atoms with Crippen LogP contribution in [0.3, 0.4) is 0 Å². The molecule has 2 N–H and O–H groups in total. The van der Waals surface area contributed by atoms with Crippen LogP contribution in [0.15, 0.2) is 12.3 Å². The Morgan fingerprint density at radius 3 is 2.88 bits per heavy atom. The second-order valence-electron chi connectivity index (χ2n) is 3.97. The van der Waals surface area contributed by atoms with Crippen LogP contribution in [0.2, 0.25) is 0 Å². The number of rotatable bonds is 5. The molecule has 0 unspecified atom stereocenters. The van der Waals surface area contributed by atoms with Gasteiger partial charge in [-0.2, -0.15) is 4.98 Å². The van der Waals surface area contributed by atoms with Gasteiger partial charge in [-0.3, -0.25) is 4.79 Å². The van der Waals surface area contributed by atoms with Crippen molar-refractivity contribution < 1.29 is 14.6 Å². The van der Waals surface area contributed by atoms with Crippen molar-refractivity contribution in [2.75, 3.05) is 19.0 Å². The number of methoxy groups -OCH3 is 1. The summed E-state index contributed by atoms with van der Waals surface area (Å²) in [5.41, 5.74) is -0.869. The molecule has 0 aliphatic heterocycles. The van der Waals surface area contributed by atoms with Gasteiger partial charge in [0.15, 0.2) is 0 Å². The highest BCUT2D eigenvalue weighted by atomic mass is 16.5. The zero-order valence-electron chi connectivity index (χ0n) is 9.52. The Bertz CT molecular complexity index is 379. The van der Waals surface area contributed by atoms with E-state index in [-0.39, 0.29) is 6.54 Å². The molecule has 0 atom stereocenters. The van der Waals surface area contributed by atoms with E-state index in [0.717, 1.165) is 0 Å². The first kappa shape index (κ1) is 12.2. The van der Waals surface area contributed by atoms with Crippen LogP contribution in [0.1, 0.15) is 13.8 Å². The first-order valence-electron chi connectivity index (χ1n) is 4.80. The zero-order valence-corrected chi connectivity index (χ0v) is 9.52. The Morgan fingerprint density at radius 1 is 1.62 bits per heavy atom. The molecule has 0 saturated carbocycles. The highest BCUT2D eigenvalue weighted by molar-refractivity contribution is 5.74. The highest BCUT2D eigenvalue weighted by Crippen LogP contribution is 2.16. The third kappa shape index (κ3) is 3.08. The Morgan fingerprint density at radius 2 is 2.31 bits per heavy atom. The monoisotopic (exact) mass is 225 g/mol. The smallest absolute Gasteiger partial charge is 0.310 e. The van der Waals surface area contributed by atoms with Crippen molar-refractivity contribution >= 4 is 11.9 Å². The lowest BCUT2D eigenvalue weighted by atomic mass is 9.94. The van der Waals surface area contributed by atoms with Crippen molar-refractivity contribution in [1.82, 2.24) is 9.97 Å². The van der Waals surface area contributed by atoms with E-state index in [1.165, 1.54) is 7.11 Å². The molecule has 6 nitrogen and oxygen atoms in total. The maximum absolute atomic E-state index is 10.9. The third-order valence-electron chi connectivity index (χ3n) is 2.11. The number of anilines is 1. The van der Waals surface area contributed by atoms with E-state index in [1.54, 1.807) is 26.1 Å². The van der Waals surface area contributed by atoms with Crippen LogP contribution in [0.4, 0.5) is 5.95 Å². The van der Waals surface area contributed by atoms with Crippen molar-refractivity contribution in [3.05, 3.63) is 12.3 Å². The van der Waals surface area contributed by atoms with Gasteiger partial charge in [-0.15, -0.1) is 0 Å². The van der Waals surface area contributed by atoms with Crippen LogP contribution in [0.5, 0.6) is 5.88 Å². The van der Waals surface area contributed by atoms with Gasteiger partial charge in [-0.25, -0.2) is 4.98 Å². The fourth-order valence-corrected chi connectivity index (χ4v) is 0.917. The minimum atomic E-state index is -0.872. The molecular weight excluding hydrogens is 210 g/mol. The number of nitrogens with zero attached hydrogens (tertiary/aromatic N) is 2.